The van der Waals surface area contributed by atoms with Crippen LogP contribution in [0, 0.1) is 11.8 Å². The predicted octanol–water partition coefficient (Wildman–Crippen LogP) is 4.84. The van der Waals surface area contributed by atoms with Gasteiger partial charge in [-0.2, -0.15) is 0 Å². The van der Waals surface area contributed by atoms with Crippen molar-refractivity contribution >= 4 is 22.5 Å². The molecule has 0 radical (unpaired) electrons. The molecule has 4 rings (SSSR count). The number of aliphatic hydroxyl groups excluding tert-OH is 1. The molecule has 0 spiro atoms. The SMILES string of the molecule is CC1=CC(OCC(=O)O)=CC(C)C1CC1=NC(c2ccc3ccccc3c2)C(O)C=C1. The Morgan fingerprint density at radius 2 is 1.94 bits per heavy atom. The summed E-state index contributed by atoms with van der Waals surface area (Å²) in [6.45, 7) is 3.81. The lowest BCUT2D eigenvalue weighted by Crippen LogP contribution is -2.24. The van der Waals surface area contributed by atoms with Crippen molar-refractivity contribution in [1.82, 2.24) is 0 Å². The number of nitrogens with zero attached hydrogens (tertiary/aromatic N) is 1. The molecule has 2 aliphatic rings. The topological polar surface area (TPSA) is 79.1 Å². The maximum absolute atomic E-state index is 10.8. The normalized spacial score (nSPS) is 25.6. The zero-order chi connectivity index (χ0) is 22.0. The van der Waals surface area contributed by atoms with Gasteiger partial charge in [-0.15, -0.1) is 0 Å². The van der Waals surface area contributed by atoms with Crippen molar-refractivity contribution < 1.29 is 19.7 Å². The van der Waals surface area contributed by atoms with Crippen LogP contribution in [0.2, 0.25) is 0 Å². The largest absolute Gasteiger partial charge is 0.482 e. The second kappa shape index (κ2) is 8.90. The van der Waals surface area contributed by atoms with Gasteiger partial charge in [-0.25, -0.2) is 4.79 Å². The van der Waals surface area contributed by atoms with Gasteiger partial charge in [0.25, 0.3) is 0 Å². The lowest BCUT2D eigenvalue weighted by Gasteiger charge is -2.29. The number of fused-ring (bicyclic) bond motifs is 1. The van der Waals surface area contributed by atoms with Gasteiger partial charge in [0.05, 0.1) is 6.10 Å². The van der Waals surface area contributed by atoms with E-state index in [0.29, 0.717) is 5.76 Å². The second-order valence-corrected chi connectivity index (χ2v) is 8.33. The standard InChI is InChI=1S/C26H27NO4/c1-16-11-22(31-15-25(29)30)12-17(2)23(16)14-21-9-10-24(28)26(27-21)20-8-7-18-5-3-4-6-19(18)13-20/h3-13,16,23-24,26,28H,14-15H2,1-2H3,(H,29,30). The van der Waals surface area contributed by atoms with Crippen molar-refractivity contribution in [2.75, 3.05) is 6.61 Å². The number of carbonyl (C=O) groups is 1. The maximum Gasteiger partial charge on any atom is 0.341 e. The monoisotopic (exact) mass is 417 g/mol. The Hall–Kier alpha value is -3.18. The molecule has 0 saturated heterocycles. The highest BCUT2D eigenvalue weighted by atomic mass is 16.5. The van der Waals surface area contributed by atoms with E-state index in [4.69, 9.17) is 14.8 Å². The van der Waals surface area contributed by atoms with Crippen LogP contribution in [0.5, 0.6) is 0 Å². The number of dihydropyridines is 1. The number of aliphatic hydroxyl groups is 1. The van der Waals surface area contributed by atoms with Gasteiger partial charge in [-0.1, -0.05) is 55.0 Å². The Morgan fingerprint density at radius 3 is 2.68 bits per heavy atom. The molecule has 5 nitrogen and oxygen atoms in total. The molecule has 2 aromatic carbocycles. The number of carboxylic acid groups (broad SMARTS) is 1. The van der Waals surface area contributed by atoms with Crippen LogP contribution in [-0.4, -0.2) is 34.6 Å². The first-order chi connectivity index (χ1) is 14.9. The molecule has 4 atom stereocenters. The number of aliphatic imine (C=N–C) groups is 1. The van der Waals surface area contributed by atoms with Crippen molar-refractivity contribution in [3.8, 4) is 0 Å². The van der Waals surface area contributed by atoms with Gasteiger partial charge in [-0.05, 0) is 65.8 Å². The van der Waals surface area contributed by atoms with Crippen LogP contribution in [-0.2, 0) is 9.53 Å². The summed E-state index contributed by atoms with van der Waals surface area (Å²) >= 11 is 0. The van der Waals surface area contributed by atoms with E-state index >= 15 is 0 Å². The predicted molar refractivity (Wildman–Crippen MR) is 122 cm³/mol. The summed E-state index contributed by atoms with van der Waals surface area (Å²) < 4.78 is 5.36. The molecule has 0 fully saturated rings. The number of hydrogen-bond donors (Lipinski definition) is 2. The third kappa shape index (κ3) is 4.78. The van der Waals surface area contributed by atoms with Crippen LogP contribution in [0.1, 0.15) is 31.9 Å². The van der Waals surface area contributed by atoms with Gasteiger partial charge in [0, 0.05) is 5.71 Å². The summed E-state index contributed by atoms with van der Waals surface area (Å²) in [5, 5.41) is 21.7. The van der Waals surface area contributed by atoms with Crippen molar-refractivity contribution in [1.29, 1.82) is 0 Å². The maximum atomic E-state index is 10.8. The molecule has 4 unspecified atom stereocenters. The fourth-order valence-corrected chi connectivity index (χ4v) is 4.37. The summed E-state index contributed by atoms with van der Waals surface area (Å²) in [5.74, 6) is 0.0555. The second-order valence-electron chi connectivity index (χ2n) is 8.33. The van der Waals surface area contributed by atoms with E-state index in [-0.39, 0.29) is 24.5 Å². The van der Waals surface area contributed by atoms with Crippen molar-refractivity contribution in [2.24, 2.45) is 16.8 Å². The Morgan fingerprint density at radius 1 is 1.16 bits per heavy atom. The Kier molecular flexibility index (Phi) is 6.05. The molecular formula is C26H27NO4. The van der Waals surface area contributed by atoms with E-state index in [1.165, 1.54) is 5.39 Å². The molecule has 2 N–H and O–H groups in total. The van der Waals surface area contributed by atoms with E-state index in [0.717, 1.165) is 28.7 Å². The van der Waals surface area contributed by atoms with E-state index in [9.17, 15) is 9.90 Å². The first-order valence-corrected chi connectivity index (χ1v) is 10.6. The average molecular weight is 418 g/mol. The van der Waals surface area contributed by atoms with Gasteiger partial charge < -0.3 is 14.9 Å². The van der Waals surface area contributed by atoms with Crippen LogP contribution in [0.15, 0.2) is 83.1 Å². The summed E-state index contributed by atoms with van der Waals surface area (Å²) in [5.41, 5.74) is 3.09. The molecule has 0 saturated carbocycles. The highest BCUT2D eigenvalue weighted by Gasteiger charge is 2.27. The highest BCUT2D eigenvalue weighted by molar-refractivity contribution is 5.96. The molecule has 31 heavy (non-hydrogen) atoms. The minimum atomic E-state index is -0.985. The summed E-state index contributed by atoms with van der Waals surface area (Å²) in [6, 6.07) is 14.1. The minimum absolute atomic E-state index is 0.191. The zero-order valence-electron chi connectivity index (χ0n) is 17.7. The molecule has 1 aliphatic heterocycles. The molecular weight excluding hydrogens is 390 g/mol. The van der Waals surface area contributed by atoms with Crippen LogP contribution in [0.4, 0.5) is 0 Å². The van der Waals surface area contributed by atoms with E-state index in [1.54, 1.807) is 0 Å². The van der Waals surface area contributed by atoms with Crippen molar-refractivity contribution in [3.05, 3.63) is 83.7 Å². The number of aliphatic carboxylic acids is 1. The lowest BCUT2D eigenvalue weighted by atomic mass is 9.79. The smallest absolute Gasteiger partial charge is 0.341 e. The van der Waals surface area contributed by atoms with E-state index in [2.05, 4.69) is 31.2 Å². The third-order valence-electron chi connectivity index (χ3n) is 6.04. The fraction of sp³-hybridized carbons (Fsp3) is 0.308. The van der Waals surface area contributed by atoms with Gasteiger partial charge in [-0.3, -0.25) is 4.99 Å². The molecule has 0 amide bonds. The zero-order valence-corrected chi connectivity index (χ0v) is 17.7. The molecule has 5 heteroatoms. The lowest BCUT2D eigenvalue weighted by molar-refractivity contribution is -0.140. The molecule has 1 heterocycles. The number of rotatable bonds is 6. The highest BCUT2D eigenvalue weighted by Crippen LogP contribution is 2.35. The average Bonchev–Trinajstić information content (AvgIpc) is 2.75. The van der Waals surface area contributed by atoms with Crippen LogP contribution < -0.4 is 0 Å². The summed E-state index contributed by atoms with van der Waals surface area (Å²) in [6.07, 6.45) is 7.73. The van der Waals surface area contributed by atoms with Crippen molar-refractivity contribution in [3.63, 3.8) is 0 Å². The van der Waals surface area contributed by atoms with Gasteiger partial charge in [0.2, 0.25) is 0 Å². The van der Waals surface area contributed by atoms with Crippen molar-refractivity contribution in [2.45, 2.75) is 32.4 Å². The molecule has 2 aromatic rings. The number of benzene rings is 2. The number of carboxylic acids is 1. The Labute approximate surface area is 182 Å². The summed E-state index contributed by atoms with van der Waals surface area (Å²) in [7, 11) is 0. The third-order valence-corrected chi connectivity index (χ3v) is 6.04. The first-order valence-electron chi connectivity index (χ1n) is 10.6. The minimum Gasteiger partial charge on any atom is -0.482 e. The van der Waals surface area contributed by atoms with Crippen LogP contribution in [0.25, 0.3) is 10.8 Å². The van der Waals surface area contributed by atoms with Gasteiger partial charge >= 0.3 is 5.97 Å². The molecule has 0 bridgehead atoms. The number of ether oxygens (including phenoxy) is 1. The number of allylic oxidation sites excluding steroid dienone is 4. The Bertz CT molecular complexity index is 1110. The fourth-order valence-electron chi connectivity index (χ4n) is 4.37. The van der Waals surface area contributed by atoms with Gasteiger partial charge in [0.15, 0.2) is 6.61 Å². The van der Waals surface area contributed by atoms with Crippen LogP contribution >= 0.6 is 0 Å². The first kappa shape index (κ1) is 21.1. The Balaban J connectivity index is 1.52. The van der Waals surface area contributed by atoms with E-state index < -0.39 is 12.1 Å². The molecule has 1 aliphatic carbocycles. The van der Waals surface area contributed by atoms with Crippen LogP contribution in [0.3, 0.4) is 0 Å². The molecule has 0 aromatic heterocycles. The van der Waals surface area contributed by atoms with Gasteiger partial charge in [0.1, 0.15) is 11.8 Å². The quantitative estimate of drug-likeness (QED) is 0.705. The summed E-state index contributed by atoms with van der Waals surface area (Å²) in [4.78, 5) is 15.7. The molecule has 160 valence electrons. The van der Waals surface area contributed by atoms with E-state index in [1.807, 2.05) is 49.4 Å². The number of hydrogen-bond acceptors (Lipinski definition) is 4.